The van der Waals surface area contributed by atoms with Crippen LogP contribution in [0.2, 0.25) is 0 Å². The van der Waals surface area contributed by atoms with Gasteiger partial charge < -0.3 is 29.6 Å². The lowest BCUT2D eigenvalue weighted by Crippen LogP contribution is -2.24. The quantitative estimate of drug-likeness (QED) is 0.171. The molecule has 0 fully saturated rings. The minimum absolute atomic E-state index is 0.0250. The number of ether oxygens (including phenoxy) is 4. The lowest BCUT2D eigenvalue weighted by Gasteiger charge is -2.21. The van der Waals surface area contributed by atoms with Gasteiger partial charge in [-0.25, -0.2) is 9.18 Å². The molecule has 3 aromatic carbocycles. The van der Waals surface area contributed by atoms with Crippen LogP contribution in [-0.4, -0.2) is 49.6 Å². The van der Waals surface area contributed by atoms with Gasteiger partial charge >= 0.3 is 12.4 Å². The van der Waals surface area contributed by atoms with E-state index in [2.05, 4.69) is 20.4 Å². The summed E-state index contributed by atoms with van der Waals surface area (Å²) in [5, 5.41) is 5.35. The van der Waals surface area contributed by atoms with Gasteiger partial charge in [0.1, 0.15) is 23.1 Å². The molecule has 0 atom stereocenters. The zero-order chi connectivity index (χ0) is 31.1. The van der Waals surface area contributed by atoms with Crippen molar-refractivity contribution in [2.45, 2.75) is 26.8 Å². The van der Waals surface area contributed by atoms with Crippen LogP contribution >= 0.6 is 0 Å². The van der Waals surface area contributed by atoms with Crippen LogP contribution in [0.5, 0.6) is 28.7 Å². The van der Waals surface area contributed by atoms with Crippen LogP contribution in [-0.2, 0) is 6.54 Å². The summed E-state index contributed by atoms with van der Waals surface area (Å²) in [4.78, 5) is 18.8. The third-order valence-electron chi connectivity index (χ3n) is 6.46. The van der Waals surface area contributed by atoms with Gasteiger partial charge in [-0.15, -0.1) is 13.2 Å². The highest BCUT2D eigenvalue weighted by atomic mass is 19.4. The Kier molecular flexibility index (Phi) is 9.76. The number of benzene rings is 3. The number of anilines is 2. The molecule has 4 aromatic rings. The maximum atomic E-state index is 15.0. The number of hydrogen-bond acceptors (Lipinski definition) is 7. The average Bonchev–Trinajstić information content (AvgIpc) is 2.97. The zero-order valence-corrected chi connectivity index (χ0v) is 23.8. The molecule has 0 bridgehead atoms. The molecule has 2 amide bonds. The SMILES string of the molecule is CCN(CC)Cc1ccc(NC(=O)Nc2ccc(Oc3ccnc4cc(OC)c(OC)cc34)cc2F)cc1OC(F)(F)F. The lowest BCUT2D eigenvalue weighted by molar-refractivity contribution is -0.275. The van der Waals surface area contributed by atoms with Gasteiger partial charge in [0.2, 0.25) is 0 Å². The van der Waals surface area contributed by atoms with E-state index in [0.717, 1.165) is 12.1 Å². The predicted octanol–water partition coefficient (Wildman–Crippen LogP) is 7.57. The second-order valence-corrected chi connectivity index (χ2v) is 9.19. The number of carbonyl (C=O) groups excluding carboxylic acids is 1. The monoisotopic (exact) mass is 602 g/mol. The molecule has 1 heterocycles. The third kappa shape index (κ3) is 7.95. The summed E-state index contributed by atoms with van der Waals surface area (Å²) in [6.07, 6.45) is -3.39. The standard InChI is InChI=1S/C30H30F4N4O5/c1-5-38(6-2)17-18-7-8-19(13-26(18)43-30(32,33)34)36-29(39)37-23-10-9-20(14-22(23)31)42-25-11-12-35-24-16-28(41-4)27(40-3)15-21(24)25/h7-16H,5-6,17H2,1-4H3,(H2,36,37,39). The van der Waals surface area contributed by atoms with Gasteiger partial charge in [-0.1, -0.05) is 19.9 Å². The van der Waals surface area contributed by atoms with Crippen LogP contribution in [0.3, 0.4) is 0 Å². The maximum Gasteiger partial charge on any atom is 0.573 e. The van der Waals surface area contributed by atoms with Crippen LogP contribution in [0.4, 0.5) is 33.7 Å². The summed E-state index contributed by atoms with van der Waals surface area (Å²) in [5.41, 5.74) is 0.710. The number of alkyl halides is 3. The molecule has 0 saturated carbocycles. The molecule has 0 radical (unpaired) electrons. The highest BCUT2D eigenvalue weighted by Gasteiger charge is 2.32. The lowest BCUT2D eigenvalue weighted by atomic mass is 10.1. The Morgan fingerprint density at radius 3 is 2.26 bits per heavy atom. The number of nitrogens with one attached hydrogen (secondary N) is 2. The Morgan fingerprint density at radius 2 is 1.60 bits per heavy atom. The topological polar surface area (TPSA) is 94.2 Å². The Morgan fingerprint density at radius 1 is 0.884 bits per heavy atom. The van der Waals surface area contributed by atoms with Crippen molar-refractivity contribution in [2.24, 2.45) is 0 Å². The second kappa shape index (κ2) is 13.5. The van der Waals surface area contributed by atoms with Gasteiger partial charge in [0.25, 0.3) is 0 Å². The smallest absolute Gasteiger partial charge is 0.493 e. The normalized spacial score (nSPS) is 11.4. The van der Waals surface area contributed by atoms with Crippen LogP contribution in [0.15, 0.2) is 60.8 Å². The van der Waals surface area contributed by atoms with Crippen LogP contribution in [0.25, 0.3) is 10.9 Å². The molecule has 0 aliphatic rings. The number of aromatic nitrogens is 1. The number of rotatable bonds is 11. The van der Waals surface area contributed by atoms with Crippen molar-refractivity contribution in [3.63, 3.8) is 0 Å². The second-order valence-electron chi connectivity index (χ2n) is 9.19. The number of carbonyl (C=O) groups is 1. The molecule has 0 aliphatic heterocycles. The minimum Gasteiger partial charge on any atom is -0.493 e. The number of nitrogens with zero attached hydrogens (tertiary/aromatic N) is 2. The van der Waals surface area contributed by atoms with E-state index in [-0.39, 0.29) is 23.7 Å². The van der Waals surface area contributed by atoms with E-state index < -0.39 is 24.0 Å². The van der Waals surface area contributed by atoms with Gasteiger partial charge in [-0.05, 0) is 43.4 Å². The van der Waals surface area contributed by atoms with E-state index in [1.54, 1.807) is 18.2 Å². The highest BCUT2D eigenvalue weighted by molar-refractivity contribution is 6.00. The number of hydrogen-bond donors (Lipinski definition) is 2. The van der Waals surface area contributed by atoms with Gasteiger partial charge in [0, 0.05) is 47.6 Å². The van der Waals surface area contributed by atoms with E-state index in [1.807, 2.05) is 18.7 Å². The molecule has 43 heavy (non-hydrogen) atoms. The van der Waals surface area contributed by atoms with Crippen molar-refractivity contribution in [2.75, 3.05) is 37.9 Å². The highest BCUT2D eigenvalue weighted by Crippen LogP contribution is 2.37. The minimum atomic E-state index is -4.92. The van der Waals surface area contributed by atoms with E-state index >= 15 is 0 Å². The summed E-state index contributed by atoms with van der Waals surface area (Å²) < 4.78 is 74.9. The Labute approximate surface area is 245 Å². The zero-order valence-electron chi connectivity index (χ0n) is 23.8. The molecular formula is C30H30F4N4O5. The van der Waals surface area contributed by atoms with Crippen molar-refractivity contribution in [3.8, 4) is 28.7 Å². The number of amides is 2. The number of fused-ring (bicyclic) bond motifs is 1. The largest absolute Gasteiger partial charge is 0.573 e. The van der Waals surface area contributed by atoms with Gasteiger partial charge in [0.05, 0.1) is 25.4 Å². The molecule has 0 spiro atoms. The molecule has 0 aliphatic carbocycles. The molecule has 0 unspecified atom stereocenters. The average molecular weight is 603 g/mol. The van der Waals surface area contributed by atoms with Gasteiger partial charge in [0.15, 0.2) is 11.5 Å². The summed E-state index contributed by atoms with van der Waals surface area (Å²) in [7, 11) is 3.00. The first-order chi connectivity index (χ1) is 20.5. The Hall–Kier alpha value is -4.78. The van der Waals surface area contributed by atoms with E-state index in [0.29, 0.717) is 46.8 Å². The van der Waals surface area contributed by atoms with Crippen LogP contribution in [0.1, 0.15) is 19.4 Å². The first-order valence-corrected chi connectivity index (χ1v) is 13.2. The number of methoxy groups -OCH3 is 2. The van der Waals surface area contributed by atoms with Gasteiger partial charge in [-0.2, -0.15) is 0 Å². The summed E-state index contributed by atoms with van der Waals surface area (Å²) in [6, 6.07) is 11.9. The molecule has 2 N–H and O–H groups in total. The fraction of sp³-hybridized carbons (Fsp3) is 0.267. The fourth-order valence-electron chi connectivity index (χ4n) is 4.28. The van der Waals surface area contributed by atoms with Gasteiger partial charge in [-0.3, -0.25) is 9.88 Å². The van der Waals surface area contributed by atoms with Crippen LogP contribution < -0.4 is 29.6 Å². The number of pyridine rings is 1. The first-order valence-electron chi connectivity index (χ1n) is 13.2. The van der Waals surface area contributed by atoms with Crippen molar-refractivity contribution in [1.29, 1.82) is 0 Å². The summed E-state index contributed by atoms with van der Waals surface area (Å²) in [5.74, 6) is 0.221. The Bertz CT molecular complexity index is 1600. The molecule has 1 aromatic heterocycles. The van der Waals surface area contributed by atoms with E-state index in [9.17, 15) is 22.4 Å². The first kappa shape index (κ1) is 31.2. The van der Waals surface area contributed by atoms with Crippen molar-refractivity contribution < 1.29 is 41.3 Å². The summed E-state index contributed by atoms with van der Waals surface area (Å²) >= 11 is 0. The molecule has 13 heteroatoms. The molecule has 228 valence electrons. The maximum absolute atomic E-state index is 15.0. The molecular weight excluding hydrogens is 572 g/mol. The van der Waals surface area contributed by atoms with Crippen molar-refractivity contribution in [3.05, 3.63) is 72.2 Å². The van der Waals surface area contributed by atoms with Crippen molar-refractivity contribution in [1.82, 2.24) is 9.88 Å². The molecule has 0 saturated heterocycles. The molecule has 9 nitrogen and oxygen atoms in total. The number of halogens is 4. The summed E-state index contributed by atoms with van der Waals surface area (Å²) in [6.45, 7) is 5.26. The Balaban J connectivity index is 1.48. The fourth-order valence-corrected chi connectivity index (χ4v) is 4.28. The van der Waals surface area contributed by atoms with Crippen molar-refractivity contribution >= 4 is 28.3 Å². The van der Waals surface area contributed by atoms with E-state index in [4.69, 9.17) is 14.2 Å². The predicted molar refractivity (Wildman–Crippen MR) is 154 cm³/mol. The van der Waals surface area contributed by atoms with Crippen LogP contribution in [0, 0.1) is 5.82 Å². The molecule has 4 rings (SSSR count). The van der Waals surface area contributed by atoms with E-state index in [1.165, 1.54) is 44.7 Å². The third-order valence-corrected chi connectivity index (χ3v) is 6.46. The number of urea groups is 1.